The first kappa shape index (κ1) is 39.8. The molecular weight excluding hydrogens is 740 g/mol. The number of benzene rings is 3. The normalized spacial score (nSPS) is 14.9. The number of ether oxygens (including phenoxy) is 3. The van der Waals surface area contributed by atoms with Crippen LogP contribution in [0.4, 0.5) is 13.2 Å². The van der Waals surface area contributed by atoms with Crippen LogP contribution in [0.2, 0.25) is 10.0 Å². The highest BCUT2D eigenvalue weighted by Crippen LogP contribution is 2.39. The summed E-state index contributed by atoms with van der Waals surface area (Å²) in [4.78, 5) is 16.7. The van der Waals surface area contributed by atoms with Crippen molar-refractivity contribution in [3.05, 3.63) is 105 Å². The van der Waals surface area contributed by atoms with Gasteiger partial charge in [-0.15, -0.1) is 0 Å². The Balaban J connectivity index is 1.45. The third kappa shape index (κ3) is 10.2. The van der Waals surface area contributed by atoms with Crippen LogP contribution in [-0.4, -0.2) is 67.7 Å². The molecule has 0 saturated carbocycles. The van der Waals surface area contributed by atoms with Crippen LogP contribution in [0.15, 0.2) is 72.9 Å². The number of alkyl halides is 3. The maximum absolute atomic E-state index is 13.2. The van der Waals surface area contributed by atoms with E-state index in [2.05, 4.69) is 11.1 Å². The molecule has 5 rings (SSSR count). The molecule has 0 spiro atoms. The fourth-order valence-electron chi connectivity index (χ4n) is 6.31. The van der Waals surface area contributed by atoms with E-state index in [4.69, 9.17) is 37.4 Å². The van der Waals surface area contributed by atoms with Crippen molar-refractivity contribution in [2.45, 2.75) is 63.5 Å². The first-order valence-electron chi connectivity index (χ1n) is 16.9. The third-order valence-corrected chi connectivity index (χ3v) is 10.9. The molecule has 0 N–H and O–H groups in total. The summed E-state index contributed by atoms with van der Waals surface area (Å²) in [6.07, 6.45) is 2.83. The molecule has 14 heteroatoms. The van der Waals surface area contributed by atoms with Crippen molar-refractivity contribution in [2.24, 2.45) is 5.92 Å². The van der Waals surface area contributed by atoms with Gasteiger partial charge in [0.05, 0.1) is 19.6 Å². The Bertz CT molecular complexity index is 1900. The number of carbonyl (C=O) groups excluding carboxylic acids is 1. The number of hydrogen-bond donors (Lipinski definition) is 0. The molecular formula is C38H41Cl2F3N2O6S. The van der Waals surface area contributed by atoms with E-state index in [0.717, 1.165) is 27.6 Å². The summed E-state index contributed by atoms with van der Waals surface area (Å²) in [7, 11) is -5.38. The van der Waals surface area contributed by atoms with Crippen LogP contribution in [0.25, 0.3) is 10.9 Å². The van der Waals surface area contributed by atoms with Gasteiger partial charge in [-0.05, 0) is 111 Å². The van der Waals surface area contributed by atoms with Gasteiger partial charge >= 0.3 is 21.5 Å². The van der Waals surface area contributed by atoms with Crippen molar-refractivity contribution in [3.8, 4) is 5.75 Å². The highest BCUT2D eigenvalue weighted by molar-refractivity contribution is 7.90. The molecule has 3 aromatic carbocycles. The Labute approximate surface area is 312 Å². The van der Waals surface area contributed by atoms with Crippen LogP contribution in [0.1, 0.15) is 68.2 Å². The Hall–Kier alpha value is -3.42. The third-order valence-electron chi connectivity index (χ3n) is 8.73. The second-order valence-electron chi connectivity index (χ2n) is 13.7. The molecule has 8 nitrogen and oxygen atoms in total. The average molecular weight is 782 g/mol. The number of fused-ring (bicyclic) bond motifs is 1. The van der Waals surface area contributed by atoms with Crippen molar-refractivity contribution in [2.75, 3.05) is 32.9 Å². The Morgan fingerprint density at radius 2 is 1.48 bits per heavy atom. The highest BCUT2D eigenvalue weighted by atomic mass is 35.5. The second-order valence-corrected chi connectivity index (χ2v) is 16.5. The van der Waals surface area contributed by atoms with Gasteiger partial charge in [0.15, 0.2) is 0 Å². The number of halogens is 5. The Morgan fingerprint density at radius 1 is 0.885 bits per heavy atom. The predicted octanol–water partition coefficient (Wildman–Crippen LogP) is 8.95. The standard InChI is InChI=1S/C38H41Cl2F3N2O6S/c1-37(2,3)51-34(46)15-19-49-20-21-50-33-24-29(35(26-4-8-30(39)9-5-26)27-6-10-31(40)11-7-27)23-32-28(12-16-44-36(32)33)22-25-13-17-45(18-14-25)52(47,48)38(41,42)43/h4-12,16,23-25,35H,13-15,17-22H2,1-3H3. The van der Waals surface area contributed by atoms with Crippen LogP contribution >= 0.6 is 23.2 Å². The lowest BCUT2D eigenvalue weighted by molar-refractivity contribution is -0.156. The molecule has 52 heavy (non-hydrogen) atoms. The lowest BCUT2D eigenvalue weighted by Gasteiger charge is -2.31. The summed E-state index contributed by atoms with van der Waals surface area (Å²) in [6.45, 7) is 5.51. The van der Waals surface area contributed by atoms with E-state index in [0.29, 0.717) is 32.0 Å². The molecule has 0 radical (unpaired) electrons. The number of esters is 1. The SMILES string of the molecule is CC(C)(C)OC(=O)CCOCCOc1cc(C(c2ccc(Cl)cc2)c2ccc(Cl)cc2)cc2c(CC3CCN(S(=O)(=O)C(F)(F)F)CC3)ccnc12. The van der Waals surface area contributed by atoms with Crippen molar-refractivity contribution < 1.29 is 40.6 Å². The number of aromatic nitrogens is 1. The molecule has 2 heterocycles. The average Bonchev–Trinajstić information content (AvgIpc) is 3.07. The molecule has 0 unspecified atom stereocenters. The lowest BCUT2D eigenvalue weighted by atomic mass is 9.83. The molecule has 4 aromatic rings. The molecule has 0 aliphatic carbocycles. The van der Waals surface area contributed by atoms with Gasteiger partial charge in [-0.1, -0.05) is 47.5 Å². The van der Waals surface area contributed by atoms with Gasteiger partial charge in [-0.2, -0.15) is 17.5 Å². The van der Waals surface area contributed by atoms with E-state index in [1.165, 1.54) is 0 Å². The van der Waals surface area contributed by atoms with Gasteiger partial charge in [0.25, 0.3) is 0 Å². The molecule has 0 bridgehead atoms. The monoisotopic (exact) mass is 780 g/mol. The van der Waals surface area contributed by atoms with Crippen LogP contribution < -0.4 is 4.74 Å². The van der Waals surface area contributed by atoms with Gasteiger partial charge in [0, 0.05) is 40.6 Å². The van der Waals surface area contributed by atoms with E-state index in [9.17, 15) is 26.4 Å². The summed E-state index contributed by atoms with van der Waals surface area (Å²) in [6, 6.07) is 21.0. The number of hydrogen-bond acceptors (Lipinski definition) is 7. The summed E-state index contributed by atoms with van der Waals surface area (Å²) in [5.41, 5.74) is -1.59. The van der Waals surface area contributed by atoms with Crippen LogP contribution in [-0.2, 0) is 30.7 Å². The Morgan fingerprint density at radius 3 is 2.04 bits per heavy atom. The first-order chi connectivity index (χ1) is 24.5. The van der Waals surface area contributed by atoms with Gasteiger partial charge in [0.1, 0.15) is 23.5 Å². The van der Waals surface area contributed by atoms with E-state index in [1.54, 1.807) is 27.0 Å². The number of carbonyl (C=O) groups is 1. The first-order valence-corrected chi connectivity index (χ1v) is 19.1. The molecule has 0 amide bonds. The topological polar surface area (TPSA) is 95.0 Å². The zero-order valence-electron chi connectivity index (χ0n) is 29.1. The zero-order chi connectivity index (χ0) is 37.7. The minimum atomic E-state index is -5.38. The fourth-order valence-corrected chi connectivity index (χ4v) is 7.55. The lowest BCUT2D eigenvalue weighted by Crippen LogP contribution is -2.45. The van der Waals surface area contributed by atoms with Gasteiger partial charge in [-0.3, -0.25) is 9.78 Å². The van der Waals surface area contributed by atoms with E-state index in [-0.39, 0.29) is 70.0 Å². The van der Waals surface area contributed by atoms with Crippen LogP contribution in [0, 0.1) is 5.92 Å². The zero-order valence-corrected chi connectivity index (χ0v) is 31.4. The largest absolute Gasteiger partial charge is 0.511 e. The number of rotatable bonds is 13. The highest BCUT2D eigenvalue weighted by Gasteiger charge is 2.50. The van der Waals surface area contributed by atoms with Crippen LogP contribution in [0.5, 0.6) is 5.75 Å². The maximum Gasteiger partial charge on any atom is 0.511 e. The quantitative estimate of drug-likeness (QED) is 0.0760. The van der Waals surface area contributed by atoms with Gasteiger partial charge < -0.3 is 14.2 Å². The smallest absolute Gasteiger partial charge is 0.489 e. The van der Waals surface area contributed by atoms with E-state index < -0.39 is 21.1 Å². The van der Waals surface area contributed by atoms with Crippen molar-refractivity contribution in [1.29, 1.82) is 0 Å². The fraction of sp³-hybridized carbons (Fsp3) is 0.421. The Kier molecular flexibility index (Phi) is 12.8. The van der Waals surface area contributed by atoms with Crippen LogP contribution in [0.3, 0.4) is 0 Å². The molecule has 1 aromatic heterocycles. The molecule has 0 atom stereocenters. The summed E-state index contributed by atoms with van der Waals surface area (Å²) >= 11 is 12.5. The van der Waals surface area contributed by atoms with Gasteiger partial charge in [0.2, 0.25) is 0 Å². The van der Waals surface area contributed by atoms with Crippen molar-refractivity contribution in [1.82, 2.24) is 9.29 Å². The summed E-state index contributed by atoms with van der Waals surface area (Å²) in [5, 5.41) is 1.99. The minimum Gasteiger partial charge on any atom is -0.489 e. The molecule has 1 saturated heterocycles. The number of nitrogens with zero attached hydrogens (tertiary/aromatic N) is 2. The van der Waals surface area contributed by atoms with E-state index >= 15 is 0 Å². The van der Waals surface area contributed by atoms with Gasteiger partial charge in [-0.25, -0.2) is 8.42 Å². The number of piperidine rings is 1. The number of sulfonamides is 1. The maximum atomic E-state index is 13.2. The molecule has 1 aliphatic rings. The van der Waals surface area contributed by atoms with E-state index in [1.807, 2.05) is 60.7 Å². The molecule has 1 fully saturated rings. The summed E-state index contributed by atoms with van der Waals surface area (Å²) in [5.74, 6) is -0.175. The van der Waals surface area contributed by atoms with Crippen molar-refractivity contribution in [3.63, 3.8) is 0 Å². The second kappa shape index (κ2) is 16.7. The number of pyridine rings is 1. The summed E-state index contributed by atoms with van der Waals surface area (Å²) < 4.78 is 81.5. The molecule has 280 valence electrons. The molecule has 1 aliphatic heterocycles. The minimum absolute atomic E-state index is 0.0555. The van der Waals surface area contributed by atoms with Crippen molar-refractivity contribution >= 4 is 50.1 Å². The predicted molar refractivity (Wildman–Crippen MR) is 195 cm³/mol.